The number of hydrogen-bond acceptors (Lipinski definition) is 5. The number of hydrogen-bond donors (Lipinski definition) is 1. The van der Waals surface area contributed by atoms with Crippen LogP contribution in [0.2, 0.25) is 0 Å². The molecular formula is C16H10BrNO3S3. The summed E-state index contributed by atoms with van der Waals surface area (Å²) in [7, 11) is 0. The molecule has 3 rings (SSSR count). The third-order valence-corrected chi connectivity index (χ3v) is 6.34. The minimum atomic E-state index is -1.08. The smallest absolute Gasteiger partial charge is 0.323 e. The summed E-state index contributed by atoms with van der Waals surface area (Å²) < 4.78 is 1.28. The van der Waals surface area contributed by atoms with E-state index in [0.717, 1.165) is 36.5 Å². The van der Waals surface area contributed by atoms with E-state index in [1.807, 2.05) is 36.4 Å². The molecule has 1 saturated heterocycles. The van der Waals surface area contributed by atoms with Crippen LogP contribution in [0.3, 0.4) is 0 Å². The minimum Gasteiger partial charge on any atom is -0.480 e. The lowest BCUT2D eigenvalue weighted by Crippen LogP contribution is -2.33. The number of carbonyl (C=O) groups is 2. The van der Waals surface area contributed by atoms with Crippen LogP contribution in [-0.2, 0) is 9.59 Å². The van der Waals surface area contributed by atoms with Gasteiger partial charge >= 0.3 is 5.97 Å². The van der Waals surface area contributed by atoms with E-state index in [-0.39, 0.29) is 10.2 Å². The molecule has 1 aromatic heterocycles. The SMILES string of the molecule is O=C(O)CN1C(=O)/C(=C/c2ccc(-c3ccccc3Br)s2)SC1=S. The van der Waals surface area contributed by atoms with Crippen molar-refractivity contribution in [3.05, 3.63) is 50.7 Å². The Labute approximate surface area is 160 Å². The Balaban J connectivity index is 1.85. The molecule has 2 heterocycles. The standard InChI is InChI=1S/C16H10BrNO3S3/c17-11-4-2-1-3-10(11)12-6-5-9(23-12)7-13-15(21)18(8-14(19)20)16(22)24-13/h1-7H,8H2,(H,19,20)/b13-7-. The normalized spacial score (nSPS) is 16.2. The van der Waals surface area contributed by atoms with Crippen molar-refractivity contribution in [2.45, 2.75) is 0 Å². The first-order chi connectivity index (χ1) is 11.5. The van der Waals surface area contributed by atoms with Gasteiger partial charge in [-0.25, -0.2) is 0 Å². The maximum Gasteiger partial charge on any atom is 0.323 e. The summed E-state index contributed by atoms with van der Waals surface area (Å²) in [5, 5.41) is 8.86. The Morgan fingerprint density at radius 3 is 2.75 bits per heavy atom. The number of halogens is 1. The van der Waals surface area contributed by atoms with Crippen LogP contribution in [0.25, 0.3) is 16.5 Å². The van der Waals surface area contributed by atoms with Gasteiger partial charge < -0.3 is 5.11 Å². The number of carboxylic acids is 1. The molecule has 1 aliphatic heterocycles. The second kappa shape index (κ2) is 7.18. The zero-order chi connectivity index (χ0) is 17.3. The quantitative estimate of drug-likeness (QED) is 0.562. The summed E-state index contributed by atoms with van der Waals surface area (Å²) in [6.07, 6.45) is 1.76. The van der Waals surface area contributed by atoms with Crippen LogP contribution in [0.5, 0.6) is 0 Å². The molecule has 8 heteroatoms. The van der Waals surface area contributed by atoms with Crippen molar-refractivity contribution in [1.82, 2.24) is 4.90 Å². The fourth-order valence-electron chi connectivity index (χ4n) is 2.14. The molecule has 1 amide bonds. The van der Waals surface area contributed by atoms with Crippen LogP contribution < -0.4 is 0 Å². The van der Waals surface area contributed by atoms with Crippen molar-refractivity contribution < 1.29 is 14.7 Å². The number of thiophene rings is 1. The van der Waals surface area contributed by atoms with Crippen molar-refractivity contribution in [3.8, 4) is 10.4 Å². The van der Waals surface area contributed by atoms with E-state index in [2.05, 4.69) is 15.9 Å². The van der Waals surface area contributed by atoms with Crippen LogP contribution >= 0.6 is 51.2 Å². The first-order valence-corrected chi connectivity index (χ1v) is 9.61. The number of thioether (sulfide) groups is 1. The molecule has 1 N–H and O–H groups in total. The van der Waals surface area contributed by atoms with Crippen molar-refractivity contribution in [2.24, 2.45) is 0 Å². The van der Waals surface area contributed by atoms with Gasteiger partial charge in [-0.1, -0.05) is 58.1 Å². The van der Waals surface area contributed by atoms with Gasteiger partial charge in [0.2, 0.25) is 0 Å². The first-order valence-electron chi connectivity index (χ1n) is 6.77. The fraction of sp³-hybridized carbons (Fsp3) is 0.0625. The second-order valence-corrected chi connectivity index (χ2v) is 8.49. The molecule has 24 heavy (non-hydrogen) atoms. The largest absolute Gasteiger partial charge is 0.480 e. The van der Waals surface area contributed by atoms with Gasteiger partial charge in [-0.3, -0.25) is 14.5 Å². The van der Waals surface area contributed by atoms with Crippen molar-refractivity contribution >= 4 is 73.5 Å². The predicted octanol–water partition coefficient (Wildman–Crippen LogP) is 4.46. The molecule has 0 radical (unpaired) electrons. The number of benzene rings is 1. The number of carboxylic acid groups (broad SMARTS) is 1. The number of aliphatic carboxylic acids is 1. The fourth-order valence-corrected chi connectivity index (χ4v) is 5.08. The summed E-state index contributed by atoms with van der Waals surface area (Å²) in [5.41, 5.74) is 1.08. The monoisotopic (exact) mass is 439 g/mol. The van der Waals surface area contributed by atoms with E-state index in [1.54, 1.807) is 17.4 Å². The molecule has 0 saturated carbocycles. The summed E-state index contributed by atoms with van der Waals surface area (Å²) in [5.74, 6) is -1.44. The molecule has 0 spiro atoms. The molecule has 1 fully saturated rings. The number of rotatable bonds is 4. The number of amides is 1. The lowest BCUT2D eigenvalue weighted by molar-refractivity contribution is -0.140. The maximum absolute atomic E-state index is 12.3. The van der Waals surface area contributed by atoms with E-state index in [4.69, 9.17) is 17.3 Å². The lowest BCUT2D eigenvalue weighted by Gasteiger charge is -2.09. The number of nitrogens with zero attached hydrogens (tertiary/aromatic N) is 1. The Morgan fingerprint density at radius 2 is 2.04 bits per heavy atom. The average Bonchev–Trinajstić information content (AvgIpc) is 3.08. The third kappa shape index (κ3) is 3.61. The van der Waals surface area contributed by atoms with E-state index >= 15 is 0 Å². The molecule has 0 atom stereocenters. The number of carbonyl (C=O) groups excluding carboxylic acids is 1. The highest BCUT2D eigenvalue weighted by Crippen LogP contribution is 2.37. The van der Waals surface area contributed by atoms with Gasteiger partial charge in [0.15, 0.2) is 0 Å². The number of thiocarbonyl (C=S) groups is 1. The lowest BCUT2D eigenvalue weighted by atomic mass is 10.2. The third-order valence-electron chi connectivity index (χ3n) is 3.21. The van der Waals surface area contributed by atoms with Gasteiger partial charge in [-0.15, -0.1) is 11.3 Å². The van der Waals surface area contributed by atoms with E-state index in [9.17, 15) is 9.59 Å². The molecule has 1 aliphatic rings. The Bertz CT molecular complexity index is 875. The summed E-state index contributed by atoms with van der Waals surface area (Å²) >= 11 is 11.3. The molecule has 4 nitrogen and oxygen atoms in total. The van der Waals surface area contributed by atoms with Crippen LogP contribution in [0.15, 0.2) is 45.8 Å². The predicted molar refractivity (Wildman–Crippen MR) is 105 cm³/mol. The van der Waals surface area contributed by atoms with Gasteiger partial charge in [-0.05, 0) is 24.3 Å². The van der Waals surface area contributed by atoms with E-state index < -0.39 is 12.5 Å². The Kier molecular flexibility index (Phi) is 5.19. The molecule has 0 aliphatic carbocycles. The van der Waals surface area contributed by atoms with Gasteiger partial charge in [0.1, 0.15) is 10.9 Å². The molecule has 1 aromatic carbocycles. The van der Waals surface area contributed by atoms with Crippen LogP contribution in [0.1, 0.15) is 4.88 Å². The summed E-state index contributed by atoms with van der Waals surface area (Å²) in [6.45, 7) is -0.408. The van der Waals surface area contributed by atoms with Crippen LogP contribution in [0, 0.1) is 0 Å². The second-order valence-electron chi connectivity index (χ2n) is 4.84. The highest BCUT2D eigenvalue weighted by molar-refractivity contribution is 9.10. The van der Waals surface area contributed by atoms with Gasteiger partial charge in [-0.2, -0.15) is 0 Å². The molecule has 0 bridgehead atoms. The maximum atomic E-state index is 12.3. The Morgan fingerprint density at radius 1 is 1.29 bits per heavy atom. The summed E-state index contributed by atoms with van der Waals surface area (Å²) in [6, 6.07) is 11.8. The summed E-state index contributed by atoms with van der Waals surface area (Å²) in [4.78, 5) is 26.6. The van der Waals surface area contributed by atoms with Crippen molar-refractivity contribution in [1.29, 1.82) is 0 Å². The zero-order valence-electron chi connectivity index (χ0n) is 12.1. The highest BCUT2D eigenvalue weighted by atomic mass is 79.9. The average molecular weight is 440 g/mol. The van der Waals surface area contributed by atoms with E-state index in [0.29, 0.717) is 4.91 Å². The van der Waals surface area contributed by atoms with Gasteiger partial charge in [0, 0.05) is 19.8 Å². The van der Waals surface area contributed by atoms with Gasteiger partial charge in [0.05, 0.1) is 4.91 Å². The van der Waals surface area contributed by atoms with E-state index in [1.165, 1.54) is 0 Å². The Hall–Kier alpha value is -1.48. The molecular weight excluding hydrogens is 430 g/mol. The topological polar surface area (TPSA) is 57.6 Å². The van der Waals surface area contributed by atoms with Crippen molar-refractivity contribution in [3.63, 3.8) is 0 Å². The molecule has 0 unspecified atom stereocenters. The van der Waals surface area contributed by atoms with Crippen molar-refractivity contribution in [2.75, 3.05) is 6.54 Å². The first kappa shape index (κ1) is 17.3. The zero-order valence-corrected chi connectivity index (χ0v) is 16.1. The highest BCUT2D eigenvalue weighted by Gasteiger charge is 2.33. The van der Waals surface area contributed by atoms with Crippen LogP contribution in [0.4, 0.5) is 0 Å². The van der Waals surface area contributed by atoms with Crippen LogP contribution in [-0.4, -0.2) is 32.7 Å². The molecule has 122 valence electrons. The minimum absolute atomic E-state index is 0.274. The van der Waals surface area contributed by atoms with Gasteiger partial charge in [0.25, 0.3) is 5.91 Å². The molecule has 2 aromatic rings.